The van der Waals surface area contributed by atoms with Gasteiger partial charge in [0.2, 0.25) is 0 Å². The zero-order valence-electron chi connectivity index (χ0n) is 8.98. The zero-order chi connectivity index (χ0) is 11.8. The molecule has 1 aliphatic rings. The number of carbonyl (C=O) groups excluding carboxylic acids is 1. The van der Waals surface area contributed by atoms with E-state index in [0.717, 1.165) is 40.8 Å². The maximum absolute atomic E-state index is 11.0. The molecule has 0 radical (unpaired) electrons. The number of rotatable bonds is 2. The summed E-state index contributed by atoms with van der Waals surface area (Å²) >= 11 is 3.44. The Morgan fingerprint density at radius 3 is 3.06 bits per heavy atom. The Balaban J connectivity index is 2.18. The van der Waals surface area contributed by atoms with Gasteiger partial charge in [0.05, 0.1) is 11.4 Å². The Kier molecular flexibility index (Phi) is 2.57. The minimum Gasteiger partial charge on any atom is -0.307 e. The second-order valence-electron chi connectivity index (χ2n) is 3.92. The number of halogens is 1. The highest BCUT2D eigenvalue weighted by Gasteiger charge is 2.22. The molecule has 17 heavy (non-hydrogen) atoms. The molecule has 0 amide bonds. The quantitative estimate of drug-likeness (QED) is 0.862. The Morgan fingerprint density at radius 1 is 1.41 bits per heavy atom. The van der Waals surface area contributed by atoms with Crippen LogP contribution in [-0.4, -0.2) is 16.1 Å². The van der Waals surface area contributed by atoms with E-state index in [4.69, 9.17) is 0 Å². The molecule has 1 aliphatic heterocycles. The Bertz CT molecular complexity index is 591. The minimum atomic E-state index is 0.532. The summed E-state index contributed by atoms with van der Waals surface area (Å²) < 4.78 is 2.84. The number of nitrogens with one attached hydrogen (secondary N) is 1. The monoisotopic (exact) mass is 291 g/mol. The Morgan fingerprint density at radius 2 is 2.29 bits per heavy atom. The van der Waals surface area contributed by atoms with Crippen molar-refractivity contribution >= 4 is 22.2 Å². The van der Waals surface area contributed by atoms with Crippen molar-refractivity contribution in [1.29, 1.82) is 0 Å². The SMILES string of the molecule is O=Cc1nn(-c2cccc(Br)c2)c2c1CNC2. The Hall–Kier alpha value is -1.46. The summed E-state index contributed by atoms with van der Waals surface area (Å²) in [6.07, 6.45) is 0.820. The molecular formula is C12H10BrN3O. The zero-order valence-corrected chi connectivity index (χ0v) is 10.6. The molecule has 0 saturated heterocycles. The van der Waals surface area contributed by atoms with Crippen molar-refractivity contribution in [2.24, 2.45) is 0 Å². The molecule has 4 nitrogen and oxygen atoms in total. The van der Waals surface area contributed by atoms with Crippen molar-refractivity contribution in [2.45, 2.75) is 13.1 Å². The van der Waals surface area contributed by atoms with Crippen molar-refractivity contribution in [1.82, 2.24) is 15.1 Å². The molecule has 2 heterocycles. The third kappa shape index (κ3) is 1.71. The average molecular weight is 292 g/mol. The van der Waals surface area contributed by atoms with Crippen LogP contribution in [0.25, 0.3) is 5.69 Å². The van der Waals surface area contributed by atoms with E-state index >= 15 is 0 Å². The van der Waals surface area contributed by atoms with Gasteiger partial charge in [0.15, 0.2) is 6.29 Å². The molecule has 0 fully saturated rings. The van der Waals surface area contributed by atoms with Crippen LogP contribution in [0, 0.1) is 0 Å². The summed E-state index contributed by atoms with van der Waals surface area (Å²) in [6.45, 7) is 1.47. The largest absolute Gasteiger partial charge is 0.307 e. The van der Waals surface area contributed by atoms with Crippen LogP contribution in [0.2, 0.25) is 0 Å². The first-order chi connectivity index (χ1) is 8.29. The third-order valence-corrected chi connectivity index (χ3v) is 3.37. The number of benzene rings is 1. The first-order valence-electron chi connectivity index (χ1n) is 5.32. The van der Waals surface area contributed by atoms with Gasteiger partial charge in [-0.15, -0.1) is 0 Å². The molecule has 0 bridgehead atoms. The van der Waals surface area contributed by atoms with E-state index < -0.39 is 0 Å². The van der Waals surface area contributed by atoms with Crippen molar-refractivity contribution in [2.75, 3.05) is 0 Å². The predicted octanol–water partition coefficient (Wildman–Crippen LogP) is 2.05. The van der Waals surface area contributed by atoms with E-state index in [2.05, 4.69) is 26.3 Å². The van der Waals surface area contributed by atoms with E-state index in [1.54, 1.807) is 0 Å². The number of hydrogen-bond donors (Lipinski definition) is 1. The first kappa shape index (κ1) is 10.7. The molecule has 1 aromatic carbocycles. The molecular weight excluding hydrogens is 282 g/mol. The molecule has 3 rings (SSSR count). The molecule has 2 aromatic rings. The number of carbonyl (C=O) groups is 1. The topological polar surface area (TPSA) is 46.9 Å². The summed E-state index contributed by atoms with van der Waals surface area (Å²) in [5.41, 5.74) is 3.59. The van der Waals surface area contributed by atoms with Gasteiger partial charge in [0.25, 0.3) is 0 Å². The standard InChI is InChI=1S/C12H10BrN3O/c13-8-2-1-3-9(4-8)16-12-6-14-5-10(12)11(7-17)15-16/h1-4,7,14H,5-6H2. The van der Waals surface area contributed by atoms with Crippen LogP contribution in [0.3, 0.4) is 0 Å². The number of nitrogens with zero attached hydrogens (tertiary/aromatic N) is 2. The maximum Gasteiger partial charge on any atom is 0.170 e. The maximum atomic E-state index is 11.0. The highest BCUT2D eigenvalue weighted by atomic mass is 79.9. The lowest BCUT2D eigenvalue weighted by Crippen LogP contribution is -2.08. The smallest absolute Gasteiger partial charge is 0.170 e. The van der Waals surface area contributed by atoms with Gasteiger partial charge >= 0.3 is 0 Å². The second-order valence-corrected chi connectivity index (χ2v) is 4.84. The number of aldehydes is 1. The normalized spacial score (nSPS) is 13.7. The lowest BCUT2D eigenvalue weighted by Gasteiger charge is -2.05. The highest BCUT2D eigenvalue weighted by molar-refractivity contribution is 9.10. The molecule has 86 valence electrons. The molecule has 1 aromatic heterocycles. The molecule has 0 spiro atoms. The predicted molar refractivity (Wildman–Crippen MR) is 67.2 cm³/mol. The fraction of sp³-hybridized carbons (Fsp3) is 0.167. The van der Waals surface area contributed by atoms with Crippen LogP contribution in [0.1, 0.15) is 21.7 Å². The van der Waals surface area contributed by atoms with Crippen molar-refractivity contribution < 1.29 is 4.79 Å². The van der Waals surface area contributed by atoms with Gasteiger partial charge in [0, 0.05) is 23.1 Å². The van der Waals surface area contributed by atoms with Gasteiger partial charge in [-0.3, -0.25) is 4.79 Å². The van der Waals surface area contributed by atoms with Crippen LogP contribution >= 0.6 is 15.9 Å². The fourth-order valence-electron chi connectivity index (χ4n) is 2.10. The number of hydrogen-bond acceptors (Lipinski definition) is 3. The molecule has 0 atom stereocenters. The van der Waals surface area contributed by atoms with Gasteiger partial charge in [-0.1, -0.05) is 22.0 Å². The fourth-order valence-corrected chi connectivity index (χ4v) is 2.49. The Labute approximate surface area is 107 Å². The highest BCUT2D eigenvalue weighted by Crippen LogP contribution is 2.23. The van der Waals surface area contributed by atoms with E-state index in [0.29, 0.717) is 5.69 Å². The van der Waals surface area contributed by atoms with Gasteiger partial charge < -0.3 is 5.32 Å². The van der Waals surface area contributed by atoms with Crippen LogP contribution in [0.5, 0.6) is 0 Å². The average Bonchev–Trinajstić information content (AvgIpc) is 2.89. The molecule has 0 unspecified atom stereocenters. The van der Waals surface area contributed by atoms with Crippen LogP contribution in [0.15, 0.2) is 28.7 Å². The van der Waals surface area contributed by atoms with E-state index in [9.17, 15) is 4.79 Å². The van der Waals surface area contributed by atoms with E-state index in [-0.39, 0.29) is 0 Å². The first-order valence-corrected chi connectivity index (χ1v) is 6.11. The summed E-state index contributed by atoms with van der Waals surface area (Å²) in [4.78, 5) is 11.0. The molecule has 5 heteroatoms. The van der Waals surface area contributed by atoms with Gasteiger partial charge in [-0.05, 0) is 18.2 Å². The summed E-state index contributed by atoms with van der Waals surface area (Å²) in [6, 6.07) is 7.88. The van der Waals surface area contributed by atoms with E-state index in [1.165, 1.54) is 0 Å². The lowest BCUT2D eigenvalue weighted by atomic mass is 10.2. The summed E-state index contributed by atoms with van der Waals surface area (Å²) in [5.74, 6) is 0. The summed E-state index contributed by atoms with van der Waals surface area (Å²) in [5, 5.41) is 7.59. The van der Waals surface area contributed by atoms with Crippen molar-refractivity contribution in [3.05, 3.63) is 45.7 Å². The molecule has 1 N–H and O–H groups in total. The number of aromatic nitrogens is 2. The van der Waals surface area contributed by atoms with Gasteiger partial charge in [-0.25, -0.2) is 4.68 Å². The van der Waals surface area contributed by atoms with Crippen LogP contribution < -0.4 is 5.32 Å². The van der Waals surface area contributed by atoms with E-state index in [1.807, 2.05) is 28.9 Å². The molecule has 0 aliphatic carbocycles. The van der Waals surface area contributed by atoms with Gasteiger partial charge in [-0.2, -0.15) is 5.10 Å². The van der Waals surface area contributed by atoms with Gasteiger partial charge in [0.1, 0.15) is 5.69 Å². The lowest BCUT2D eigenvalue weighted by molar-refractivity contribution is 0.111. The second kappa shape index (κ2) is 4.09. The number of fused-ring (bicyclic) bond motifs is 1. The third-order valence-electron chi connectivity index (χ3n) is 2.88. The summed E-state index contributed by atoms with van der Waals surface area (Å²) in [7, 11) is 0. The minimum absolute atomic E-state index is 0.532. The van der Waals surface area contributed by atoms with Crippen LogP contribution in [0.4, 0.5) is 0 Å². The van der Waals surface area contributed by atoms with Crippen molar-refractivity contribution in [3.8, 4) is 5.69 Å². The van der Waals surface area contributed by atoms with Crippen molar-refractivity contribution in [3.63, 3.8) is 0 Å². The van der Waals surface area contributed by atoms with Crippen LogP contribution in [-0.2, 0) is 13.1 Å². The molecule has 0 saturated carbocycles.